The minimum absolute atomic E-state index is 0.00431. The van der Waals surface area contributed by atoms with Gasteiger partial charge in [-0.05, 0) is 30.7 Å². The molecule has 0 aliphatic carbocycles. The summed E-state index contributed by atoms with van der Waals surface area (Å²) >= 11 is 0. The van der Waals surface area contributed by atoms with E-state index in [4.69, 9.17) is 15.7 Å². The summed E-state index contributed by atoms with van der Waals surface area (Å²) in [4.78, 5) is 13.9. The molecule has 98 valence electrons. The van der Waals surface area contributed by atoms with E-state index in [-0.39, 0.29) is 24.1 Å². The van der Waals surface area contributed by atoms with Gasteiger partial charge in [0.25, 0.3) is 5.91 Å². The van der Waals surface area contributed by atoms with Crippen molar-refractivity contribution in [1.82, 2.24) is 0 Å². The summed E-state index contributed by atoms with van der Waals surface area (Å²) in [6.45, 7) is 3.72. The van der Waals surface area contributed by atoms with Crippen LogP contribution in [0.1, 0.15) is 31.0 Å². The van der Waals surface area contributed by atoms with Gasteiger partial charge in [0.05, 0.1) is 17.3 Å². The molecule has 5 heteroatoms. The molecule has 1 saturated heterocycles. The highest BCUT2D eigenvalue weighted by Gasteiger charge is 2.47. The Morgan fingerprint density at radius 1 is 1.42 bits per heavy atom. The van der Waals surface area contributed by atoms with E-state index in [1.807, 2.05) is 6.92 Å². The first kappa shape index (κ1) is 12.2. The quantitative estimate of drug-likeness (QED) is 0.759. The third-order valence-electron chi connectivity index (χ3n) is 3.97. The fraction of sp³-hybridized carbons (Fsp3) is 0.429. The Balaban J connectivity index is 2.17. The van der Waals surface area contributed by atoms with E-state index in [0.29, 0.717) is 5.56 Å². The number of rotatable bonds is 0. The molecule has 0 aromatic heterocycles. The molecule has 2 heterocycles. The van der Waals surface area contributed by atoms with Gasteiger partial charge in [-0.1, -0.05) is 6.92 Å². The molecular weight excluding hydrogens is 242 g/mol. The highest BCUT2D eigenvalue weighted by molar-refractivity contribution is 5.99. The number of benzene rings is 1. The van der Waals surface area contributed by atoms with Crippen LogP contribution in [0.25, 0.3) is 0 Å². The summed E-state index contributed by atoms with van der Waals surface area (Å²) in [5.41, 5.74) is 8.40. The zero-order valence-corrected chi connectivity index (χ0v) is 10.8. The van der Waals surface area contributed by atoms with Crippen molar-refractivity contribution in [3.63, 3.8) is 0 Å². The van der Waals surface area contributed by atoms with Crippen LogP contribution in [0.3, 0.4) is 0 Å². The number of nitriles is 1. The van der Waals surface area contributed by atoms with Crippen molar-refractivity contribution < 1.29 is 9.53 Å². The zero-order chi connectivity index (χ0) is 13.7. The smallest absolute Gasteiger partial charge is 0.258 e. The normalized spacial score (nSPS) is 32.7. The SMILES string of the molecule is CC1O[C@H]2[C@H](C)[C@@H](N)c3cc(C#N)ccc3N2C1=O. The maximum Gasteiger partial charge on any atom is 0.258 e. The van der Waals surface area contributed by atoms with E-state index in [0.717, 1.165) is 11.3 Å². The predicted molar refractivity (Wildman–Crippen MR) is 69.1 cm³/mol. The van der Waals surface area contributed by atoms with Crippen molar-refractivity contribution in [3.05, 3.63) is 29.3 Å². The number of fused-ring (bicyclic) bond motifs is 3. The molecule has 5 nitrogen and oxygen atoms in total. The van der Waals surface area contributed by atoms with E-state index in [2.05, 4.69) is 6.07 Å². The lowest BCUT2D eigenvalue weighted by Crippen LogP contribution is -2.46. The van der Waals surface area contributed by atoms with Crippen molar-refractivity contribution in [2.75, 3.05) is 4.90 Å². The van der Waals surface area contributed by atoms with E-state index in [9.17, 15) is 4.79 Å². The Labute approximate surface area is 111 Å². The van der Waals surface area contributed by atoms with Crippen LogP contribution in [0.2, 0.25) is 0 Å². The van der Waals surface area contributed by atoms with Gasteiger partial charge in [-0.2, -0.15) is 5.26 Å². The van der Waals surface area contributed by atoms with Gasteiger partial charge in [0.2, 0.25) is 0 Å². The van der Waals surface area contributed by atoms with Crippen LogP contribution in [-0.2, 0) is 9.53 Å². The second-order valence-corrected chi connectivity index (χ2v) is 5.15. The monoisotopic (exact) mass is 257 g/mol. The van der Waals surface area contributed by atoms with Gasteiger partial charge in [0, 0.05) is 12.0 Å². The van der Waals surface area contributed by atoms with E-state index >= 15 is 0 Å². The molecule has 1 unspecified atom stereocenters. The fourth-order valence-electron chi connectivity index (χ4n) is 2.84. The molecule has 4 atom stereocenters. The molecule has 2 N–H and O–H groups in total. The van der Waals surface area contributed by atoms with Crippen LogP contribution in [0, 0.1) is 17.2 Å². The number of nitrogens with two attached hydrogens (primary N) is 1. The van der Waals surface area contributed by atoms with Crippen molar-refractivity contribution in [2.45, 2.75) is 32.2 Å². The molecule has 1 aromatic rings. The number of hydrogen-bond acceptors (Lipinski definition) is 4. The Morgan fingerprint density at radius 3 is 2.84 bits per heavy atom. The molecule has 2 aliphatic rings. The standard InChI is InChI=1S/C14H15N3O2/c1-7-12(16)10-5-9(6-15)3-4-11(10)17-13(18)8(2)19-14(7)17/h3-5,7-8,12,14H,16H2,1-2H3/t7-,8?,12-,14+/m1/s1. The maximum atomic E-state index is 12.2. The second-order valence-electron chi connectivity index (χ2n) is 5.15. The Morgan fingerprint density at radius 2 is 2.16 bits per heavy atom. The molecule has 0 bridgehead atoms. The molecule has 1 fully saturated rings. The van der Waals surface area contributed by atoms with Crippen LogP contribution in [0.15, 0.2) is 18.2 Å². The molecule has 1 amide bonds. The van der Waals surface area contributed by atoms with Crippen molar-refractivity contribution in [3.8, 4) is 6.07 Å². The van der Waals surface area contributed by atoms with Gasteiger partial charge in [0.1, 0.15) is 12.3 Å². The zero-order valence-electron chi connectivity index (χ0n) is 10.8. The van der Waals surface area contributed by atoms with Gasteiger partial charge in [-0.3, -0.25) is 9.69 Å². The van der Waals surface area contributed by atoms with Gasteiger partial charge >= 0.3 is 0 Å². The Hall–Kier alpha value is -1.90. The Bertz CT molecular complexity index is 593. The van der Waals surface area contributed by atoms with Gasteiger partial charge < -0.3 is 10.5 Å². The third kappa shape index (κ3) is 1.57. The summed E-state index contributed by atoms with van der Waals surface area (Å²) in [7, 11) is 0. The van der Waals surface area contributed by atoms with E-state index in [1.165, 1.54) is 0 Å². The molecule has 0 spiro atoms. The van der Waals surface area contributed by atoms with Crippen LogP contribution < -0.4 is 10.6 Å². The third-order valence-corrected chi connectivity index (χ3v) is 3.97. The highest BCUT2D eigenvalue weighted by atomic mass is 16.5. The number of nitrogens with zero attached hydrogens (tertiary/aromatic N) is 2. The van der Waals surface area contributed by atoms with Crippen molar-refractivity contribution >= 4 is 11.6 Å². The lowest BCUT2D eigenvalue weighted by atomic mass is 9.87. The van der Waals surface area contributed by atoms with Crippen LogP contribution in [-0.4, -0.2) is 18.2 Å². The highest BCUT2D eigenvalue weighted by Crippen LogP contribution is 2.43. The minimum Gasteiger partial charge on any atom is -0.345 e. The van der Waals surface area contributed by atoms with Crippen LogP contribution in [0.4, 0.5) is 5.69 Å². The number of anilines is 1. The topological polar surface area (TPSA) is 79.3 Å². The fourth-order valence-corrected chi connectivity index (χ4v) is 2.84. The first-order chi connectivity index (χ1) is 9.04. The average molecular weight is 257 g/mol. The number of ether oxygens (including phenoxy) is 1. The molecule has 19 heavy (non-hydrogen) atoms. The lowest BCUT2D eigenvalue weighted by molar-refractivity contribution is -0.121. The minimum atomic E-state index is -0.443. The van der Waals surface area contributed by atoms with Crippen LogP contribution in [0.5, 0.6) is 0 Å². The van der Waals surface area contributed by atoms with Gasteiger partial charge in [-0.15, -0.1) is 0 Å². The number of hydrogen-bond donors (Lipinski definition) is 1. The lowest BCUT2D eigenvalue weighted by Gasteiger charge is -2.38. The summed E-state index contributed by atoms with van der Waals surface area (Å²) < 4.78 is 5.70. The molecule has 0 radical (unpaired) electrons. The molecule has 0 saturated carbocycles. The van der Waals surface area contributed by atoms with Crippen LogP contribution >= 0.6 is 0 Å². The maximum absolute atomic E-state index is 12.2. The number of carbonyl (C=O) groups is 1. The summed E-state index contributed by atoms with van der Waals surface area (Å²) in [5, 5.41) is 8.98. The average Bonchev–Trinajstić information content (AvgIpc) is 2.72. The summed E-state index contributed by atoms with van der Waals surface area (Å²) in [5.74, 6) is -0.0509. The van der Waals surface area contributed by atoms with E-state index < -0.39 is 6.10 Å². The second kappa shape index (κ2) is 4.05. The summed E-state index contributed by atoms with van der Waals surface area (Å²) in [6.07, 6.45) is -0.751. The predicted octanol–water partition coefficient (Wildman–Crippen LogP) is 1.29. The van der Waals surface area contributed by atoms with Gasteiger partial charge in [0.15, 0.2) is 0 Å². The first-order valence-electron chi connectivity index (χ1n) is 6.32. The van der Waals surface area contributed by atoms with E-state index in [1.54, 1.807) is 30.0 Å². The molecular formula is C14H15N3O2. The van der Waals surface area contributed by atoms with Crippen molar-refractivity contribution in [2.24, 2.45) is 11.7 Å². The van der Waals surface area contributed by atoms with Gasteiger partial charge in [-0.25, -0.2) is 0 Å². The largest absolute Gasteiger partial charge is 0.345 e. The first-order valence-corrected chi connectivity index (χ1v) is 6.32. The molecule has 3 rings (SSSR count). The number of amides is 1. The molecule has 2 aliphatic heterocycles. The number of carbonyl (C=O) groups excluding carboxylic acids is 1. The van der Waals surface area contributed by atoms with Crippen molar-refractivity contribution in [1.29, 1.82) is 5.26 Å². The Kier molecular flexibility index (Phi) is 2.59. The molecule has 1 aromatic carbocycles. The summed E-state index contributed by atoms with van der Waals surface area (Å²) in [6, 6.07) is 7.12.